The SMILES string of the molecule is Cc1c(C(=O)N2CCC(NS(=O)(=O)c3cccs3)CC2)sc2cccc(F)c12. The molecule has 5 nitrogen and oxygen atoms in total. The van der Waals surface area contributed by atoms with Crippen LogP contribution in [-0.2, 0) is 10.0 Å². The lowest BCUT2D eigenvalue weighted by Gasteiger charge is -2.32. The molecule has 3 aromatic rings. The first kappa shape index (κ1) is 19.5. The van der Waals surface area contributed by atoms with E-state index in [1.807, 2.05) is 6.07 Å². The Morgan fingerprint density at radius 3 is 2.61 bits per heavy atom. The van der Waals surface area contributed by atoms with Crippen LogP contribution in [0, 0.1) is 12.7 Å². The number of likely N-dealkylation sites (tertiary alicyclic amines) is 1. The number of aryl methyl sites for hydroxylation is 1. The predicted molar refractivity (Wildman–Crippen MR) is 110 cm³/mol. The van der Waals surface area contributed by atoms with E-state index in [-0.39, 0.29) is 17.8 Å². The van der Waals surface area contributed by atoms with Crippen LogP contribution in [0.1, 0.15) is 28.1 Å². The van der Waals surface area contributed by atoms with Crippen molar-refractivity contribution < 1.29 is 17.6 Å². The van der Waals surface area contributed by atoms with E-state index in [0.717, 1.165) is 4.70 Å². The number of nitrogens with zero attached hydrogens (tertiary/aromatic N) is 1. The van der Waals surface area contributed by atoms with Crippen molar-refractivity contribution in [1.82, 2.24) is 9.62 Å². The number of piperidine rings is 1. The first-order chi connectivity index (χ1) is 13.4. The van der Waals surface area contributed by atoms with Gasteiger partial charge in [-0.15, -0.1) is 22.7 Å². The van der Waals surface area contributed by atoms with Crippen LogP contribution in [0.5, 0.6) is 0 Å². The van der Waals surface area contributed by atoms with E-state index in [1.54, 1.807) is 35.4 Å². The fourth-order valence-electron chi connectivity index (χ4n) is 3.50. The summed E-state index contributed by atoms with van der Waals surface area (Å²) in [6, 6.07) is 7.95. The van der Waals surface area contributed by atoms with E-state index in [2.05, 4.69) is 4.72 Å². The quantitative estimate of drug-likeness (QED) is 0.670. The van der Waals surface area contributed by atoms with Crippen LogP contribution in [0.4, 0.5) is 4.39 Å². The standard InChI is InChI=1S/C19H19FN2O3S3/c1-12-17-14(20)4-2-5-15(17)27-18(12)19(23)22-9-7-13(8-10-22)21-28(24,25)16-6-3-11-26-16/h2-6,11,13,21H,7-10H2,1H3. The Hall–Kier alpha value is -1.81. The van der Waals surface area contributed by atoms with Crippen molar-refractivity contribution in [2.75, 3.05) is 13.1 Å². The molecular formula is C19H19FN2O3S3. The molecule has 3 heterocycles. The molecule has 0 unspecified atom stereocenters. The van der Waals surface area contributed by atoms with Gasteiger partial charge in [-0.1, -0.05) is 12.1 Å². The van der Waals surface area contributed by atoms with E-state index in [4.69, 9.17) is 0 Å². The van der Waals surface area contributed by atoms with E-state index in [0.29, 0.717) is 46.0 Å². The Labute approximate surface area is 170 Å². The number of hydrogen-bond acceptors (Lipinski definition) is 5. The van der Waals surface area contributed by atoms with E-state index in [9.17, 15) is 17.6 Å². The zero-order chi connectivity index (χ0) is 19.9. The Morgan fingerprint density at radius 2 is 1.96 bits per heavy atom. The summed E-state index contributed by atoms with van der Waals surface area (Å²) in [6.45, 7) is 2.70. The summed E-state index contributed by atoms with van der Waals surface area (Å²) in [5.41, 5.74) is 0.670. The van der Waals surface area contributed by atoms with Crippen LogP contribution in [0.3, 0.4) is 0 Å². The van der Waals surface area contributed by atoms with Gasteiger partial charge in [0.1, 0.15) is 10.0 Å². The summed E-state index contributed by atoms with van der Waals surface area (Å²) in [5.74, 6) is -0.426. The molecule has 0 atom stereocenters. The van der Waals surface area contributed by atoms with Crippen molar-refractivity contribution in [3.8, 4) is 0 Å². The molecule has 148 valence electrons. The van der Waals surface area contributed by atoms with Gasteiger partial charge in [0.25, 0.3) is 5.91 Å². The number of sulfonamides is 1. The highest BCUT2D eigenvalue weighted by Crippen LogP contribution is 2.33. The predicted octanol–water partition coefficient (Wildman–Crippen LogP) is 3.99. The van der Waals surface area contributed by atoms with Gasteiger partial charge in [0.2, 0.25) is 10.0 Å². The highest BCUT2D eigenvalue weighted by Gasteiger charge is 2.29. The number of carbonyl (C=O) groups excluding carboxylic acids is 1. The molecule has 0 saturated carbocycles. The Kier molecular flexibility index (Phi) is 5.26. The molecule has 1 N–H and O–H groups in total. The third kappa shape index (κ3) is 3.59. The fraction of sp³-hybridized carbons (Fsp3) is 0.316. The van der Waals surface area contributed by atoms with Crippen LogP contribution in [0.15, 0.2) is 39.9 Å². The van der Waals surface area contributed by atoms with Crippen LogP contribution < -0.4 is 4.72 Å². The van der Waals surface area contributed by atoms with Crippen LogP contribution in [0.2, 0.25) is 0 Å². The van der Waals surface area contributed by atoms with Crippen LogP contribution in [-0.4, -0.2) is 38.4 Å². The zero-order valence-electron chi connectivity index (χ0n) is 15.1. The van der Waals surface area contributed by atoms with Gasteiger partial charge in [-0.3, -0.25) is 4.79 Å². The Morgan fingerprint density at radius 1 is 1.21 bits per heavy atom. The molecular weight excluding hydrogens is 419 g/mol. The minimum absolute atomic E-state index is 0.113. The number of benzene rings is 1. The molecule has 0 bridgehead atoms. The van der Waals surface area contributed by atoms with Crippen molar-refractivity contribution in [2.45, 2.75) is 30.0 Å². The topological polar surface area (TPSA) is 66.5 Å². The maximum Gasteiger partial charge on any atom is 0.264 e. The van der Waals surface area contributed by atoms with Gasteiger partial charge >= 0.3 is 0 Å². The molecule has 0 radical (unpaired) electrons. The maximum absolute atomic E-state index is 14.1. The summed E-state index contributed by atoms with van der Waals surface area (Å²) >= 11 is 2.49. The second-order valence-corrected chi connectivity index (χ2v) is 10.7. The lowest BCUT2D eigenvalue weighted by molar-refractivity contribution is 0.0715. The highest BCUT2D eigenvalue weighted by molar-refractivity contribution is 7.91. The Balaban J connectivity index is 1.45. The summed E-state index contributed by atoms with van der Waals surface area (Å²) < 4.78 is 42.6. The van der Waals surface area contributed by atoms with Gasteiger partial charge in [0, 0.05) is 29.2 Å². The van der Waals surface area contributed by atoms with Gasteiger partial charge in [-0.05, 0) is 48.9 Å². The van der Waals surface area contributed by atoms with Crippen molar-refractivity contribution in [2.24, 2.45) is 0 Å². The summed E-state index contributed by atoms with van der Waals surface area (Å²) in [7, 11) is -3.51. The zero-order valence-corrected chi connectivity index (χ0v) is 17.6. The molecule has 1 aliphatic heterocycles. The second kappa shape index (κ2) is 7.55. The van der Waals surface area contributed by atoms with Gasteiger partial charge in [0.15, 0.2) is 0 Å². The van der Waals surface area contributed by atoms with Gasteiger partial charge in [-0.25, -0.2) is 17.5 Å². The van der Waals surface area contributed by atoms with Crippen LogP contribution in [0.25, 0.3) is 10.1 Å². The molecule has 2 aromatic heterocycles. The summed E-state index contributed by atoms with van der Waals surface area (Å²) in [4.78, 5) is 15.2. The number of halogens is 1. The first-order valence-corrected chi connectivity index (χ1v) is 12.1. The number of nitrogens with one attached hydrogen (secondary N) is 1. The maximum atomic E-state index is 14.1. The third-order valence-corrected chi connectivity index (χ3v) is 9.12. The molecule has 1 amide bonds. The molecule has 0 spiro atoms. The summed E-state index contributed by atoms with van der Waals surface area (Å²) in [6.07, 6.45) is 1.10. The number of hydrogen-bond donors (Lipinski definition) is 1. The highest BCUT2D eigenvalue weighted by atomic mass is 32.2. The number of thiophene rings is 2. The number of rotatable bonds is 4. The average Bonchev–Trinajstić information content (AvgIpc) is 3.31. The minimum Gasteiger partial charge on any atom is -0.338 e. The Bertz CT molecular complexity index is 1110. The summed E-state index contributed by atoms with van der Waals surface area (Å²) in [5, 5.41) is 2.24. The molecule has 9 heteroatoms. The molecule has 28 heavy (non-hydrogen) atoms. The second-order valence-electron chi connectivity index (χ2n) is 6.79. The van der Waals surface area contributed by atoms with E-state index in [1.165, 1.54) is 28.7 Å². The van der Waals surface area contributed by atoms with Crippen LogP contribution >= 0.6 is 22.7 Å². The smallest absolute Gasteiger partial charge is 0.264 e. The van der Waals surface area contributed by atoms with Crippen molar-refractivity contribution >= 4 is 48.7 Å². The van der Waals surface area contributed by atoms with Gasteiger partial charge in [-0.2, -0.15) is 0 Å². The molecule has 1 aromatic carbocycles. The molecule has 1 saturated heterocycles. The third-order valence-electron chi connectivity index (χ3n) is 4.96. The molecule has 1 aliphatic rings. The van der Waals surface area contributed by atoms with Crippen molar-refractivity contribution in [3.63, 3.8) is 0 Å². The number of fused-ring (bicyclic) bond motifs is 1. The number of amides is 1. The normalized spacial score (nSPS) is 16.0. The van der Waals surface area contributed by atoms with Gasteiger partial charge in [0.05, 0.1) is 4.88 Å². The van der Waals surface area contributed by atoms with Crippen molar-refractivity contribution in [3.05, 3.63) is 52.0 Å². The monoisotopic (exact) mass is 438 g/mol. The van der Waals surface area contributed by atoms with E-state index < -0.39 is 10.0 Å². The fourth-order valence-corrected chi connectivity index (χ4v) is 7.00. The lowest BCUT2D eigenvalue weighted by atomic mass is 10.1. The molecule has 0 aliphatic carbocycles. The lowest BCUT2D eigenvalue weighted by Crippen LogP contribution is -2.46. The van der Waals surface area contributed by atoms with Gasteiger partial charge < -0.3 is 4.90 Å². The number of carbonyl (C=O) groups is 1. The largest absolute Gasteiger partial charge is 0.338 e. The molecule has 1 fully saturated rings. The van der Waals surface area contributed by atoms with E-state index >= 15 is 0 Å². The van der Waals surface area contributed by atoms with Crippen molar-refractivity contribution in [1.29, 1.82) is 0 Å². The first-order valence-electron chi connectivity index (χ1n) is 8.89. The minimum atomic E-state index is -3.51. The molecule has 4 rings (SSSR count). The average molecular weight is 439 g/mol.